The van der Waals surface area contributed by atoms with Gasteiger partial charge in [0.1, 0.15) is 6.54 Å². The van der Waals surface area contributed by atoms with Crippen LogP contribution in [0.1, 0.15) is 15.9 Å². The third-order valence-corrected chi connectivity index (χ3v) is 2.85. The molecule has 4 nitrogen and oxygen atoms in total. The van der Waals surface area contributed by atoms with Crippen molar-refractivity contribution in [2.45, 2.75) is 12.6 Å². The molecule has 2 rings (SSSR count). The number of hydrogen-bond acceptors (Lipinski definition) is 3. The molecule has 1 aliphatic rings. The number of nitrogens with one attached hydrogen (secondary N) is 1. The van der Waals surface area contributed by atoms with Crippen LogP contribution in [-0.2, 0) is 11.2 Å². The number of halogens is 3. The Bertz CT molecular complexity index is 540. The van der Waals surface area contributed by atoms with Crippen molar-refractivity contribution in [3.8, 4) is 0 Å². The lowest BCUT2D eigenvalue weighted by Gasteiger charge is -2.23. The van der Waals surface area contributed by atoms with Crippen LogP contribution in [-0.4, -0.2) is 36.5 Å². The van der Waals surface area contributed by atoms with Crippen LogP contribution in [0.25, 0.3) is 0 Å². The molecule has 2 amide bonds. The standard InChI is InChI=1S/C12H11F3N2O2/c1-17-10(18)5-7-4-8(16-6-12(13,14)15)2-3-9(7)11(17)19/h2-4,16H,5-6H2,1H3. The highest BCUT2D eigenvalue weighted by Gasteiger charge is 2.29. The zero-order valence-corrected chi connectivity index (χ0v) is 10.0. The van der Waals surface area contributed by atoms with E-state index in [-0.39, 0.29) is 18.0 Å². The first-order chi connectivity index (χ1) is 8.78. The lowest BCUT2D eigenvalue weighted by atomic mass is 9.98. The molecule has 0 bridgehead atoms. The van der Waals surface area contributed by atoms with Crippen molar-refractivity contribution in [1.82, 2.24) is 4.90 Å². The minimum Gasteiger partial charge on any atom is -0.376 e. The Morgan fingerprint density at radius 3 is 2.63 bits per heavy atom. The smallest absolute Gasteiger partial charge is 0.376 e. The molecule has 0 saturated carbocycles. The maximum atomic E-state index is 12.1. The second-order valence-corrected chi connectivity index (χ2v) is 4.28. The number of benzene rings is 1. The molecule has 0 aliphatic carbocycles. The fourth-order valence-corrected chi connectivity index (χ4v) is 1.84. The summed E-state index contributed by atoms with van der Waals surface area (Å²) in [5.74, 6) is -0.806. The second kappa shape index (κ2) is 4.56. The van der Waals surface area contributed by atoms with Gasteiger partial charge >= 0.3 is 6.18 Å². The average Bonchev–Trinajstić information content (AvgIpc) is 2.32. The van der Waals surface area contributed by atoms with Crippen molar-refractivity contribution < 1.29 is 22.8 Å². The molecule has 1 aromatic rings. The number of alkyl halides is 3. The van der Waals surface area contributed by atoms with Crippen LogP contribution in [0, 0.1) is 0 Å². The van der Waals surface area contributed by atoms with E-state index in [1.54, 1.807) is 0 Å². The highest BCUT2D eigenvalue weighted by molar-refractivity contribution is 6.09. The van der Waals surface area contributed by atoms with E-state index in [2.05, 4.69) is 5.32 Å². The Labute approximate surface area is 107 Å². The van der Waals surface area contributed by atoms with E-state index in [9.17, 15) is 22.8 Å². The summed E-state index contributed by atoms with van der Waals surface area (Å²) in [6.45, 7) is -1.16. The number of imide groups is 1. The minimum atomic E-state index is -4.32. The molecule has 0 saturated heterocycles. The van der Waals surface area contributed by atoms with Gasteiger partial charge in [0.05, 0.1) is 6.42 Å². The molecule has 19 heavy (non-hydrogen) atoms. The monoisotopic (exact) mass is 272 g/mol. The van der Waals surface area contributed by atoms with Gasteiger partial charge in [0.25, 0.3) is 5.91 Å². The van der Waals surface area contributed by atoms with Crippen molar-refractivity contribution in [2.75, 3.05) is 18.9 Å². The van der Waals surface area contributed by atoms with Crippen molar-refractivity contribution in [2.24, 2.45) is 0 Å². The summed E-state index contributed by atoms with van der Waals surface area (Å²) < 4.78 is 36.2. The highest BCUT2D eigenvalue weighted by Crippen LogP contribution is 2.23. The van der Waals surface area contributed by atoms with Gasteiger partial charge in [0.15, 0.2) is 0 Å². The second-order valence-electron chi connectivity index (χ2n) is 4.28. The summed E-state index contributed by atoms with van der Waals surface area (Å²) in [5.41, 5.74) is 1.03. The average molecular weight is 272 g/mol. The van der Waals surface area contributed by atoms with E-state index < -0.39 is 18.6 Å². The van der Waals surface area contributed by atoms with E-state index in [1.807, 2.05) is 0 Å². The summed E-state index contributed by atoms with van der Waals surface area (Å²) in [4.78, 5) is 24.3. The number of hydrogen-bond donors (Lipinski definition) is 1. The van der Waals surface area contributed by atoms with Gasteiger partial charge in [-0.2, -0.15) is 13.2 Å². The quantitative estimate of drug-likeness (QED) is 0.835. The van der Waals surface area contributed by atoms with Crippen LogP contribution in [0.3, 0.4) is 0 Å². The first-order valence-corrected chi connectivity index (χ1v) is 5.52. The number of likely N-dealkylation sites (N-methyl/N-ethyl adjacent to an activating group) is 1. The summed E-state index contributed by atoms with van der Waals surface area (Å²) in [6.07, 6.45) is -4.30. The van der Waals surface area contributed by atoms with Crippen molar-refractivity contribution in [3.63, 3.8) is 0 Å². The zero-order chi connectivity index (χ0) is 14.2. The fourth-order valence-electron chi connectivity index (χ4n) is 1.84. The van der Waals surface area contributed by atoms with E-state index in [0.29, 0.717) is 11.1 Å². The lowest BCUT2D eigenvalue weighted by molar-refractivity contribution is -0.127. The van der Waals surface area contributed by atoms with Gasteiger partial charge in [-0.25, -0.2) is 0 Å². The van der Waals surface area contributed by atoms with Crippen molar-refractivity contribution in [3.05, 3.63) is 29.3 Å². The Balaban J connectivity index is 2.23. The summed E-state index contributed by atoms with van der Waals surface area (Å²) >= 11 is 0. The van der Waals surface area contributed by atoms with Gasteiger partial charge in [-0.1, -0.05) is 0 Å². The molecule has 0 atom stereocenters. The van der Waals surface area contributed by atoms with Gasteiger partial charge in [0, 0.05) is 18.3 Å². The lowest BCUT2D eigenvalue weighted by Crippen LogP contribution is -2.39. The summed E-state index contributed by atoms with van der Waals surface area (Å²) in [7, 11) is 1.38. The number of fused-ring (bicyclic) bond motifs is 1. The number of nitrogens with zero attached hydrogens (tertiary/aromatic N) is 1. The van der Waals surface area contributed by atoms with Gasteiger partial charge in [0.2, 0.25) is 5.91 Å². The van der Waals surface area contributed by atoms with Gasteiger partial charge < -0.3 is 5.32 Å². The first-order valence-electron chi connectivity index (χ1n) is 5.52. The Morgan fingerprint density at radius 2 is 2.00 bits per heavy atom. The Hall–Kier alpha value is -2.05. The minimum absolute atomic E-state index is 0.0130. The molecule has 1 heterocycles. The summed E-state index contributed by atoms with van der Waals surface area (Å²) in [6, 6.07) is 4.23. The van der Waals surface area contributed by atoms with Crippen LogP contribution in [0.4, 0.5) is 18.9 Å². The first kappa shape index (κ1) is 13.4. The molecular weight excluding hydrogens is 261 g/mol. The number of amides is 2. The zero-order valence-electron chi connectivity index (χ0n) is 10.0. The molecule has 102 valence electrons. The fraction of sp³-hybridized carbons (Fsp3) is 0.333. The molecule has 0 radical (unpaired) electrons. The van der Waals surface area contributed by atoms with Crippen LogP contribution >= 0.6 is 0 Å². The number of rotatable bonds is 2. The molecule has 1 aliphatic heterocycles. The van der Waals surface area contributed by atoms with E-state index >= 15 is 0 Å². The Morgan fingerprint density at radius 1 is 1.32 bits per heavy atom. The molecule has 1 aromatic carbocycles. The third-order valence-electron chi connectivity index (χ3n) is 2.85. The molecule has 0 spiro atoms. The maximum absolute atomic E-state index is 12.1. The maximum Gasteiger partial charge on any atom is 0.405 e. The van der Waals surface area contributed by atoms with Gasteiger partial charge in [-0.3, -0.25) is 14.5 Å². The van der Waals surface area contributed by atoms with Crippen LogP contribution < -0.4 is 5.32 Å². The molecule has 0 fully saturated rings. The van der Waals surface area contributed by atoms with Crippen molar-refractivity contribution in [1.29, 1.82) is 0 Å². The van der Waals surface area contributed by atoms with E-state index in [0.717, 1.165) is 4.90 Å². The molecule has 0 unspecified atom stereocenters. The van der Waals surface area contributed by atoms with Gasteiger partial charge in [-0.05, 0) is 23.8 Å². The highest BCUT2D eigenvalue weighted by atomic mass is 19.4. The molecular formula is C12H11F3N2O2. The van der Waals surface area contributed by atoms with E-state index in [1.165, 1.54) is 25.2 Å². The Kier molecular flexibility index (Phi) is 3.21. The van der Waals surface area contributed by atoms with Crippen molar-refractivity contribution >= 4 is 17.5 Å². The largest absolute Gasteiger partial charge is 0.405 e. The van der Waals surface area contributed by atoms with Crippen LogP contribution in [0.5, 0.6) is 0 Å². The normalized spacial score (nSPS) is 15.5. The van der Waals surface area contributed by atoms with E-state index in [4.69, 9.17) is 0 Å². The predicted octanol–water partition coefficient (Wildman–Crippen LogP) is 1.82. The van der Waals surface area contributed by atoms with Gasteiger partial charge in [-0.15, -0.1) is 0 Å². The summed E-state index contributed by atoms with van der Waals surface area (Å²) in [5, 5.41) is 2.21. The number of anilines is 1. The van der Waals surface area contributed by atoms with Crippen LogP contribution in [0.15, 0.2) is 18.2 Å². The predicted molar refractivity (Wildman–Crippen MR) is 61.8 cm³/mol. The topological polar surface area (TPSA) is 49.4 Å². The molecule has 7 heteroatoms. The SMILES string of the molecule is CN1C(=O)Cc2cc(NCC(F)(F)F)ccc2C1=O. The third kappa shape index (κ3) is 2.86. The number of carbonyl (C=O) groups excluding carboxylic acids is 2. The van der Waals surface area contributed by atoms with Crippen LogP contribution in [0.2, 0.25) is 0 Å². The molecule has 0 aromatic heterocycles. The molecule has 1 N–H and O–H groups in total. The number of carbonyl (C=O) groups is 2.